The number of hydrogen-bond donors (Lipinski definition) is 1. The lowest BCUT2D eigenvalue weighted by molar-refractivity contribution is 0.0531. The highest BCUT2D eigenvalue weighted by Gasteiger charge is 2.26. The molecule has 1 saturated heterocycles. The molecule has 164 valence electrons. The van der Waals surface area contributed by atoms with E-state index in [0.717, 1.165) is 32.7 Å². The first-order valence-electron chi connectivity index (χ1n) is 10.5. The number of aromatic nitrogens is 3. The Morgan fingerprint density at radius 3 is 2.65 bits per heavy atom. The number of esters is 1. The molecule has 3 aromatic heterocycles. The summed E-state index contributed by atoms with van der Waals surface area (Å²) in [6.07, 6.45) is 3.65. The number of nitrogens with zero attached hydrogens (tertiary/aromatic N) is 4. The number of piperazine rings is 1. The molecular weight excluding hydrogens is 414 g/mol. The van der Waals surface area contributed by atoms with Gasteiger partial charge in [-0.05, 0) is 44.0 Å². The number of H-pyrrole nitrogens is 1. The van der Waals surface area contributed by atoms with E-state index in [9.17, 15) is 9.59 Å². The van der Waals surface area contributed by atoms with Gasteiger partial charge in [-0.3, -0.25) is 19.6 Å². The van der Waals surface area contributed by atoms with Crippen LogP contribution in [0.4, 0.5) is 0 Å². The van der Waals surface area contributed by atoms with Crippen LogP contribution in [0.25, 0.3) is 10.2 Å². The number of carbonyl (C=O) groups is 1. The molecule has 0 bridgehead atoms. The summed E-state index contributed by atoms with van der Waals surface area (Å²) in [4.78, 5) is 42.5. The third-order valence-corrected chi connectivity index (χ3v) is 6.95. The molecule has 8 nitrogen and oxygen atoms in total. The number of fused-ring (bicyclic) bond motifs is 1. The van der Waals surface area contributed by atoms with Crippen molar-refractivity contribution in [3.05, 3.63) is 56.7 Å². The molecule has 0 spiro atoms. The quantitative estimate of drug-likeness (QED) is 0.588. The topological polar surface area (TPSA) is 91.4 Å². The molecule has 31 heavy (non-hydrogen) atoms. The molecule has 1 aliphatic heterocycles. The number of nitrogens with one attached hydrogen (secondary N) is 1. The van der Waals surface area contributed by atoms with Crippen LogP contribution in [0, 0.1) is 6.92 Å². The summed E-state index contributed by atoms with van der Waals surface area (Å²) in [5, 5.41) is 0.478. The Morgan fingerprint density at radius 2 is 1.97 bits per heavy atom. The van der Waals surface area contributed by atoms with Crippen LogP contribution in [0.5, 0.6) is 0 Å². The zero-order chi connectivity index (χ0) is 22.0. The second-order valence-electron chi connectivity index (χ2n) is 7.75. The highest BCUT2D eigenvalue weighted by atomic mass is 32.1. The van der Waals surface area contributed by atoms with Crippen molar-refractivity contribution < 1.29 is 9.53 Å². The monoisotopic (exact) mass is 441 g/mol. The third kappa shape index (κ3) is 4.53. The highest BCUT2D eigenvalue weighted by molar-refractivity contribution is 7.20. The predicted molar refractivity (Wildman–Crippen MR) is 120 cm³/mol. The second-order valence-corrected chi connectivity index (χ2v) is 8.75. The lowest BCUT2D eigenvalue weighted by Crippen LogP contribution is -2.47. The Hall–Kier alpha value is -2.62. The van der Waals surface area contributed by atoms with Crippen molar-refractivity contribution in [1.29, 1.82) is 0 Å². The van der Waals surface area contributed by atoms with E-state index in [1.165, 1.54) is 16.9 Å². The van der Waals surface area contributed by atoms with Gasteiger partial charge in [0, 0.05) is 45.1 Å². The number of aryl methyl sites for hydroxylation is 1. The maximum absolute atomic E-state index is 12.8. The fraction of sp³-hybridized carbons (Fsp3) is 0.455. The van der Waals surface area contributed by atoms with Crippen LogP contribution in [0.1, 0.15) is 46.5 Å². The number of pyridine rings is 1. The van der Waals surface area contributed by atoms with E-state index in [1.54, 1.807) is 13.8 Å². The first kappa shape index (κ1) is 21.6. The van der Waals surface area contributed by atoms with Crippen LogP contribution >= 0.6 is 11.3 Å². The molecule has 0 aliphatic carbocycles. The van der Waals surface area contributed by atoms with Gasteiger partial charge in [0.25, 0.3) is 5.56 Å². The summed E-state index contributed by atoms with van der Waals surface area (Å²) in [7, 11) is 0. The van der Waals surface area contributed by atoms with Crippen LogP contribution in [0.3, 0.4) is 0 Å². The van der Waals surface area contributed by atoms with Crippen LogP contribution in [-0.4, -0.2) is 63.5 Å². The molecule has 1 aliphatic rings. The second kappa shape index (κ2) is 9.25. The Kier molecular flexibility index (Phi) is 6.45. The van der Waals surface area contributed by atoms with E-state index < -0.39 is 5.97 Å². The van der Waals surface area contributed by atoms with Crippen molar-refractivity contribution in [2.45, 2.75) is 33.4 Å². The minimum absolute atomic E-state index is 0.0198. The molecule has 0 saturated carbocycles. The highest BCUT2D eigenvalue weighted by Crippen LogP contribution is 2.29. The molecule has 1 N–H and O–H groups in total. The number of hydrogen-bond acceptors (Lipinski definition) is 8. The van der Waals surface area contributed by atoms with Crippen molar-refractivity contribution in [1.82, 2.24) is 24.8 Å². The molecular formula is C22H27N5O3S. The molecule has 4 heterocycles. The first-order chi connectivity index (χ1) is 15.0. The molecule has 3 aromatic rings. The van der Waals surface area contributed by atoms with E-state index in [-0.39, 0.29) is 11.6 Å². The Labute approximate surface area is 184 Å². The molecule has 1 atom stereocenters. The number of aromatic amines is 1. The lowest BCUT2D eigenvalue weighted by Gasteiger charge is -2.37. The van der Waals surface area contributed by atoms with Crippen LogP contribution in [0.2, 0.25) is 0 Å². The fourth-order valence-corrected chi connectivity index (χ4v) is 5.06. The zero-order valence-electron chi connectivity index (χ0n) is 18.1. The summed E-state index contributed by atoms with van der Waals surface area (Å²) in [6, 6.07) is 4.08. The van der Waals surface area contributed by atoms with Crippen molar-refractivity contribution in [2.24, 2.45) is 0 Å². The van der Waals surface area contributed by atoms with Gasteiger partial charge in [0.05, 0.1) is 18.0 Å². The van der Waals surface area contributed by atoms with Crippen LogP contribution in [-0.2, 0) is 11.3 Å². The number of rotatable bonds is 6. The molecule has 0 amide bonds. The molecule has 1 unspecified atom stereocenters. The number of ether oxygens (including phenoxy) is 1. The fourth-order valence-electron chi connectivity index (χ4n) is 3.98. The Balaban J connectivity index is 1.48. The van der Waals surface area contributed by atoms with Gasteiger partial charge in [-0.25, -0.2) is 9.78 Å². The van der Waals surface area contributed by atoms with Gasteiger partial charge in [-0.1, -0.05) is 0 Å². The summed E-state index contributed by atoms with van der Waals surface area (Å²) in [5.74, 6) is 0.235. The average molecular weight is 442 g/mol. The van der Waals surface area contributed by atoms with Crippen LogP contribution in [0.15, 0.2) is 29.3 Å². The van der Waals surface area contributed by atoms with Gasteiger partial charge in [-0.2, -0.15) is 0 Å². The smallest absolute Gasteiger partial charge is 0.348 e. The Morgan fingerprint density at radius 1 is 1.26 bits per heavy atom. The van der Waals surface area contributed by atoms with Gasteiger partial charge in [0.2, 0.25) is 0 Å². The van der Waals surface area contributed by atoms with Gasteiger partial charge in [0.15, 0.2) is 0 Å². The SMILES string of the molecule is CCOC(=O)c1sc2nc(C(C)N3CCN(Cc4ccncc4)CC3)[nH]c(=O)c2c1C. The van der Waals surface area contributed by atoms with Gasteiger partial charge in [0.1, 0.15) is 15.5 Å². The zero-order valence-corrected chi connectivity index (χ0v) is 18.9. The maximum Gasteiger partial charge on any atom is 0.348 e. The number of carbonyl (C=O) groups excluding carboxylic acids is 1. The minimum atomic E-state index is -0.401. The van der Waals surface area contributed by atoms with Gasteiger partial charge in [-0.15, -0.1) is 11.3 Å². The minimum Gasteiger partial charge on any atom is -0.462 e. The predicted octanol–water partition coefficient (Wildman–Crippen LogP) is 2.74. The summed E-state index contributed by atoms with van der Waals surface area (Å²) in [5.41, 5.74) is 1.70. The normalized spacial score (nSPS) is 16.5. The molecule has 9 heteroatoms. The average Bonchev–Trinajstić information content (AvgIpc) is 3.11. The van der Waals surface area contributed by atoms with Crippen molar-refractivity contribution in [3.8, 4) is 0 Å². The molecule has 0 aromatic carbocycles. The summed E-state index contributed by atoms with van der Waals surface area (Å²) < 4.78 is 5.12. The largest absolute Gasteiger partial charge is 0.462 e. The van der Waals surface area contributed by atoms with Crippen molar-refractivity contribution in [3.63, 3.8) is 0 Å². The van der Waals surface area contributed by atoms with E-state index in [4.69, 9.17) is 9.72 Å². The number of thiophene rings is 1. The summed E-state index contributed by atoms with van der Waals surface area (Å²) >= 11 is 1.23. The lowest BCUT2D eigenvalue weighted by atomic mass is 10.1. The molecule has 1 fully saturated rings. The summed E-state index contributed by atoms with van der Waals surface area (Å²) in [6.45, 7) is 10.5. The standard InChI is InChI=1S/C22H27N5O3S/c1-4-30-22(29)18-14(2)17-20(28)24-19(25-21(17)31-18)15(3)27-11-9-26(10-12-27)13-16-5-7-23-8-6-16/h5-8,15H,4,9-13H2,1-3H3,(H,24,25,28). The van der Waals surface area contributed by atoms with Gasteiger partial charge >= 0.3 is 5.97 Å². The van der Waals surface area contributed by atoms with E-state index >= 15 is 0 Å². The Bertz CT molecular complexity index is 1120. The molecule has 4 rings (SSSR count). The third-order valence-electron chi connectivity index (χ3n) is 5.79. The van der Waals surface area contributed by atoms with Crippen molar-refractivity contribution >= 4 is 27.5 Å². The first-order valence-corrected chi connectivity index (χ1v) is 11.3. The maximum atomic E-state index is 12.8. The van der Waals surface area contributed by atoms with Gasteiger partial charge < -0.3 is 9.72 Å². The van der Waals surface area contributed by atoms with Crippen LogP contribution < -0.4 is 5.56 Å². The van der Waals surface area contributed by atoms with Crippen molar-refractivity contribution in [2.75, 3.05) is 32.8 Å². The van der Waals surface area contributed by atoms with E-state index in [0.29, 0.717) is 33.1 Å². The van der Waals surface area contributed by atoms with E-state index in [2.05, 4.69) is 26.7 Å². The van der Waals surface area contributed by atoms with E-state index in [1.807, 2.05) is 24.5 Å². The molecule has 0 radical (unpaired) electrons.